The molecule has 0 saturated carbocycles. The molecule has 8 heteroatoms. The van der Waals surface area contributed by atoms with Gasteiger partial charge in [0.15, 0.2) is 16.6 Å². The number of rotatable bonds is 5. The molecule has 0 N–H and O–H groups in total. The van der Waals surface area contributed by atoms with Crippen LogP contribution in [0.1, 0.15) is 5.56 Å². The van der Waals surface area contributed by atoms with Gasteiger partial charge in [-0.25, -0.2) is 0 Å². The van der Waals surface area contributed by atoms with Crippen molar-refractivity contribution in [3.63, 3.8) is 0 Å². The number of para-hydroxylation sites is 1. The number of fused-ring (bicyclic) bond motifs is 2. The Balaban J connectivity index is 1.38. The van der Waals surface area contributed by atoms with Gasteiger partial charge in [0.25, 0.3) is 5.91 Å². The van der Waals surface area contributed by atoms with E-state index >= 15 is 0 Å². The van der Waals surface area contributed by atoms with Crippen LogP contribution in [0.25, 0.3) is 17.0 Å². The minimum atomic E-state index is -0.101. The van der Waals surface area contributed by atoms with Crippen LogP contribution in [0.4, 0.5) is 0 Å². The molecule has 2 aliphatic heterocycles. The summed E-state index contributed by atoms with van der Waals surface area (Å²) in [5.74, 6) is 2.07. The summed E-state index contributed by atoms with van der Waals surface area (Å²) in [5.41, 5.74) is 2.60. The van der Waals surface area contributed by atoms with Gasteiger partial charge in [-0.05, 0) is 36.5 Å². The lowest BCUT2D eigenvalue weighted by atomic mass is 10.1. The summed E-state index contributed by atoms with van der Waals surface area (Å²) in [6.45, 7) is 1.38. The van der Waals surface area contributed by atoms with Gasteiger partial charge in [0, 0.05) is 42.8 Å². The van der Waals surface area contributed by atoms with E-state index in [4.69, 9.17) is 26.4 Å². The van der Waals surface area contributed by atoms with Crippen molar-refractivity contribution in [1.29, 1.82) is 0 Å². The van der Waals surface area contributed by atoms with Crippen molar-refractivity contribution in [1.82, 2.24) is 14.4 Å². The SMILES string of the molecule is CN1C(=O)/C(=C/c2cn(CCOc3ccc4c(c3)OCO4)c3ccccc23)N(C)C1=S. The fourth-order valence-electron chi connectivity index (χ4n) is 3.84. The van der Waals surface area contributed by atoms with E-state index in [1.54, 1.807) is 11.9 Å². The molecule has 3 heterocycles. The average Bonchev–Trinajstić information content (AvgIpc) is 3.44. The number of carbonyl (C=O) groups is 1. The zero-order valence-electron chi connectivity index (χ0n) is 17.2. The van der Waals surface area contributed by atoms with Gasteiger partial charge in [-0.2, -0.15) is 0 Å². The fraction of sp³-hybridized carbons (Fsp3) is 0.217. The first-order valence-corrected chi connectivity index (χ1v) is 10.3. The molecule has 1 amide bonds. The van der Waals surface area contributed by atoms with Crippen LogP contribution in [-0.4, -0.2) is 52.9 Å². The lowest BCUT2D eigenvalue weighted by Crippen LogP contribution is -2.26. The van der Waals surface area contributed by atoms with Gasteiger partial charge in [0.05, 0.1) is 6.54 Å². The fourth-order valence-corrected chi connectivity index (χ4v) is 4.02. The maximum absolute atomic E-state index is 12.6. The Kier molecular flexibility index (Phi) is 4.78. The van der Waals surface area contributed by atoms with Gasteiger partial charge in [-0.15, -0.1) is 0 Å². The van der Waals surface area contributed by atoms with E-state index in [9.17, 15) is 4.79 Å². The van der Waals surface area contributed by atoms with Crippen molar-refractivity contribution in [2.75, 3.05) is 27.5 Å². The number of benzene rings is 2. The third-order valence-corrected chi connectivity index (χ3v) is 6.06. The maximum Gasteiger partial charge on any atom is 0.276 e. The van der Waals surface area contributed by atoms with Crippen LogP contribution in [-0.2, 0) is 11.3 Å². The number of hydrogen-bond donors (Lipinski definition) is 0. The van der Waals surface area contributed by atoms with Crippen LogP contribution in [0.3, 0.4) is 0 Å². The van der Waals surface area contributed by atoms with Crippen LogP contribution < -0.4 is 14.2 Å². The number of likely N-dealkylation sites (N-methyl/N-ethyl adjacent to an activating group) is 2. The first kappa shape index (κ1) is 19.4. The molecule has 5 rings (SSSR count). The van der Waals surface area contributed by atoms with Gasteiger partial charge in [-0.1, -0.05) is 18.2 Å². The predicted molar refractivity (Wildman–Crippen MR) is 121 cm³/mol. The third-order valence-electron chi connectivity index (χ3n) is 5.52. The second kappa shape index (κ2) is 7.63. The lowest BCUT2D eigenvalue weighted by Gasteiger charge is -2.10. The Labute approximate surface area is 185 Å². The van der Waals surface area contributed by atoms with Crippen LogP contribution in [0, 0.1) is 0 Å². The summed E-state index contributed by atoms with van der Waals surface area (Å²) < 4.78 is 18.8. The largest absolute Gasteiger partial charge is 0.492 e. The molecule has 31 heavy (non-hydrogen) atoms. The van der Waals surface area contributed by atoms with Crippen molar-refractivity contribution in [3.8, 4) is 17.2 Å². The van der Waals surface area contributed by atoms with Crippen LogP contribution >= 0.6 is 12.2 Å². The highest BCUT2D eigenvalue weighted by Crippen LogP contribution is 2.35. The van der Waals surface area contributed by atoms with Crippen LogP contribution in [0.2, 0.25) is 0 Å². The number of nitrogens with zero attached hydrogens (tertiary/aromatic N) is 3. The van der Waals surface area contributed by atoms with Crippen molar-refractivity contribution in [3.05, 3.63) is 59.9 Å². The minimum absolute atomic E-state index is 0.101. The Hall–Kier alpha value is -3.52. The highest BCUT2D eigenvalue weighted by Gasteiger charge is 2.32. The third kappa shape index (κ3) is 3.38. The van der Waals surface area contributed by atoms with Crippen LogP contribution in [0.5, 0.6) is 17.2 Å². The summed E-state index contributed by atoms with van der Waals surface area (Å²) in [5, 5.41) is 1.57. The molecule has 2 aromatic carbocycles. The molecule has 0 unspecified atom stereocenters. The van der Waals surface area contributed by atoms with Gasteiger partial charge in [0.2, 0.25) is 6.79 Å². The molecule has 0 aliphatic carbocycles. The molecule has 0 radical (unpaired) electrons. The maximum atomic E-state index is 12.6. The monoisotopic (exact) mass is 435 g/mol. The second-order valence-corrected chi connectivity index (χ2v) is 7.76. The molecule has 2 aliphatic rings. The van der Waals surface area contributed by atoms with E-state index in [1.165, 1.54) is 4.90 Å². The number of thiocarbonyl (C=S) groups is 1. The number of aromatic nitrogens is 1. The zero-order chi connectivity index (χ0) is 21.5. The van der Waals surface area contributed by atoms with Crippen molar-refractivity contribution >= 4 is 40.2 Å². The molecule has 0 atom stereocenters. The number of hydrogen-bond acceptors (Lipinski definition) is 5. The van der Waals surface area contributed by atoms with E-state index in [1.807, 2.05) is 49.7 Å². The first-order chi connectivity index (χ1) is 15.0. The standard InChI is InChI=1S/C23H21N3O4S/c1-24-19(22(27)25(2)23(24)31)11-15-13-26(18-6-4-3-5-17(15)18)9-10-28-16-7-8-20-21(12-16)30-14-29-20/h3-8,11-13H,9-10,14H2,1-2H3/b19-11-. The average molecular weight is 436 g/mol. The molecular weight excluding hydrogens is 414 g/mol. The summed E-state index contributed by atoms with van der Waals surface area (Å²) in [6.07, 6.45) is 3.94. The van der Waals surface area contributed by atoms with Gasteiger partial charge < -0.3 is 23.7 Å². The molecular formula is C23H21N3O4S. The molecule has 3 aromatic rings. The minimum Gasteiger partial charge on any atom is -0.492 e. The van der Waals surface area contributed by atoms with Crippen molar-refractivity contribution in [2.24, 2.45) is 0 Å². The molecule has 1 aromatic heterocycles. The van der Waals surface area contributed by atoms with Gasteiger partial charge >= 0.3 is 0 Å². The molecule has 1 saturated heterocycles. The molecule has 158 valence electrons. The molecule has 0 spiro atoms. The second-order valence-electron chi connectivity index (χ2n) is 7.39. The highest BCUT2D eigenvalue weighted by molar-refractivity contribution is 7.80. The van der Waals surface area contributed by atoms with E-state index in [2.05, 4.69) is 16.7 Å². The van der Waals surface area contributed by atoms with E-state index < -0.39 is 0 Å². The topological polar surface area (TPSA) is 56.2 Å². The van der Waals surface area contributed by atoms with E-state index in [-0.39, 0.29) is 12.7 Å². The zero-order valence-corrected chi connectivity index (χ0v) is 18.0. The normalized spacial score (nSPS) is 16.8. The summed E-state index contributed by atoms with van der Waals surface area (Å²) in [4.78, 5) is 15.8. The summed E-state index contributed by atoms with van der Waals surface area (Å²) in [7, 11) is 3.51. The number of amides is 1. The number of carbonyl (C=O) groups excluding carboxylic acids is 1. The molecule has 7 nitrogen and oxygen atoms in total. The Morgan fingerprint density at radius 1 is 1.10 bits per heavy atom. The van der Waals surface area contributed by atoms with Crippen molar-refractivity contribution in [2.45, 2.75) is 6.54 Å². The number of ether oxygens (including phenoxy) is 3. The predicted octanol–water partition coefficient (Wildman–Crippen LogP) is 3.48. The van der Waals surface area contributed by atoms with Gasteiger partial charge in [0.1, 0.15) is 18.1 Å². The molecule has 1 fully saturated rings. The van der Waals surface area contributed by atoms with E-state index in [0.29, 0.717) is 29.7 Å². The van der Waals surface area contributed by atoms with Crippen LogP contribution in [0.15, 0.2) is 54.4 Å². The smallest absolute Gasteiger partial charge is 0.276 e. The lowest BCUT2D eigenvalue weighted by molar-refractivity contribution is -0.121. The Morgan fingerprint density at radius 2 is 1.90 bits per heavy atom. The van der Waals surface area contributed by atoms with Crippen molar-refractivity contribution < 1.29 is 19.0 Å². The van der Waals surface area contributed by atoms with Gasteiger partial charge in [-0.3, -0.25) is 9.69 Å². The van der Waals surface area contributed by atoms with E-state index in [0.717, 1.165) is 28.0 Å². The summed E-state index contributed by atoms with van der Waals surface area (Å²) >= 11 is 5.32. The quantitative estimate of drug-likeness (QED) is 0.452. The summed E-state index contributed by atoms with van der Waals surface area (Å²) in [6, 6.07) is 13.7. The first-order valence-electron chi connectivity index (χ1n) is 9.90. The molecule has 0 bridgehead atoms. The highest BCUT2D eigenvalue weighted by atomic mass is 32.1. The Bertz CT molecular complexity index is 1230. The Morgan fingerprint density at radius 3 is 2.71 bits per heavy atom.